The first-order chi connectivity index (χ1) is 12.9. The van der Waals surface area contributed by atoms with Crippen LogP contribution in [-0.2, 0) is 14.8 Å². The molecule has 1 saturated heterocycles. The van der Waals surface area contributed by atoms with Gasteiger partial charge in [-0.2, -0.15) is 0 Å². The van der Waals surface area contributed by atoms with Gasteiger partial charge in [0.25, 0.3) is 0 Å². The summed E-state index contributed by atoms with van der Waals surface area (Å²) < 4.78 is 27.9. The van der Waals surface area contributed by atoms with Crippen LogP contribution in [0.25, 0.3) is 0 Å². The minimum absolute atomic E-state index is 0.0367. The Kier molecular flexibility index (Phi) is 6.89. The van der Waals surface area contributed by atoms with Gasteiger partial charge >= 0.3 is 0 Å². The number of piperidine rings is 1. The van der Waals surface area contributed by atoms with E-state index in [2.05, 4.69) is 21.9 Å². The van der Waals surface area contributed by atoms with Crippen molar-refractivity contribution in [3.63, 3.8) is 0 Å². The van der Waals surface area contributed by atoms with Crippen LogP contribution in [-0.4, -0.2) is 44.4 Å². The van der Waals surface area contributed by atoms with E-state index in [0.29, 0.717) is 18.3 Å². The molecule has 1 atom stereocenters. The number of sulfonamides is 1. The lowest BCUT2D eigenvalue weighted by molar-refractivity contribution is -0.118. The van der Waals surface area contributed by atoms with Crippen LogP contribution in [0.1, 0.15) is 58.3 Å². The van der Waals surface area contributed by atoms with Crippen molar-refractivity contribution in [2.24, 2.45) is 0 Å². The van der Waals surface area contributed by atoms with Gasteiger partial charge in [-0.1, -0.05) is 25.7 Å². The number of anilines is 1. The zero-order chi connectivity index (χ0) is 19.3. The predicted octanol–water partition coefficient (Wildman–Crippen LogP) is 3.11. The smallest absolute Gasteiger partial charge is 0.240 e. The summed E-state index contributed by atoms with van der Waals surface area (Å²) in [5, 5.41) is 2.87. The van der Waals surface area contributed by atoms with Crippen LogP contribution in [0.2, 0.25) is 0 Å². The molecule has 2 aliphatic rings. The maximum Gasteiger partial charge on any atom is 0.240 e. The first kappa shape index (κ1) is 20.3. The van der Waals surface area contributed by atoms with E-state index >= 15 is 0 Å². The molecule has 1 saturated carbocycles. The van der Waals surface area contributed by atoms with Crippen molar-refractivity contribution in [3.8, 4) is 0 Å². The fraction of sp³-hybridized carbons (Fsp3) is 0.650. The highest BCUT2D eigenvalue weighted by Crippen LogP contribution is 2.21. The minimum atomic E-state index is -3.51. The quantitative estimate of drug-likeness (QED) is 0.778. The molecule has 0 aromatic heterocycles. The summed E-state index contributed by atoms with van der Waals surface area (Å²) in [6, 6.07) is 6.91. The third-order valence-electron chi connectivity index (χ3n) is 5.66. The molecule has 1 aliphatic heterocycles. The highest BCUT2D eigenvalue weighted by molar-refractivity contribution is 7.89. The monoisotopic (exact) mass is 393 g/mol. The number of hydrogen-bond acceptors (Lipinski definition) is 4. The first-order valence-electron chi connectivity index (χ1n) is 10.1. The van der Waals surface area contributed by atoms with E-state index in [0.717, 1.165) is 45.1 Å². The zero-order valence-electron chi connectivity index (χ0n) is 16.1. The fourth-order valence-electron chi connectivity index (χ4n) is 4.00. The second kappa shape index (κ2) is 9.17. The number of benzene rings is 1. The number of rotatable bonds is 6. The van der Waals surface area contributed by atoms with Crippen molar-refractivity contribution in [1.82, 2.24) is 9.62 Å². The van der Waals surface area contributed by atoms with Gasteiger partial charge in [0.2, 0.25) is 15.9 Å². The summed E-state index contributed by atoms with van der Waals surface area (Å²) in [6.45, 7) is 3.49. The molecule has 2 fully saturated rings. The molecule has 1 aliphatic carbocycles. The molecule has 6 nitrogen and oxygen atoms in total. The van der Waals surface area contributed by atoms with Crippen LogP contribution >= 0.6 is 0 Å². The SMILES string of the molecule is C[C@H]1CCCCN1CC(=O)Nc1ccc(S(=O)(=O)NC2CCCCC2)cc1. The topological polar surface area (TPSA) is 78.5 Å². The van der Waals surface area contributed by atoms with Gasteiger partial charge in [0.1, 0.15) is 0 Å². The largest absolute Gasteiger partial charge is 0.325 e. The Balaban J connectivity index is 1.55. The molecule has 0 spiro atoms. The number of carbonyl (C=O) groups is 1. The van der Waals surface area contributed by atoms with E-state index < -0.39 is 10.0 Å². The molecule has 0 bridgehead atoms. The Bertz CT molecular complexity index is 727. The molecule has 0 radical (unpaired) electrons. The van der Waals surface area contributed by atoms with E-state index in [9.17, 15) is 13.2 Å². The van der Waals surface area contributed by atoms with E-state index in [-0.39, 0.29) is 16.8 Å². The lowest BCUT2D eigenvalue weighted by Gasteiger charge is -2.32. The summed E-state index contributed by atoms with van der Waals surface area (Å²) in [4.78, 5) is 14.7. The maximum absolute atomic E-state index is 12.5. The van der Waals surface area contributed by atoms with Gasteiger partial charge < -0.3 is 5.32 Å². The maximum atomic E-state index is 12.5. The molecule has 150 valence electrons. The third kappa shape index (κ3) is 5.77. The van der Waals surface area contributed by atoms with E-state index in [4.69, 9.17) is 0 Å². The number of carbonyl (C=O) groups excluding carboxylic acids is 1. The molecular formula is C20H31N3O3S. The van der Waals surface area contributed by atoms with E-state index in [1.807, 2.05) is 0 Å². The summed E-state index contributed by atoms with van der Waals surface area (Å²) in [5.41, 5.74) is 0.626. The molecule has 2 N–H and O–H groups in total. The van der Waals surface area contributed by atoms with Crippen molar-refractivity contribution in [3.05, 3.63) is 24.3 Å². The van der Waals surface area contributed by atoms with Crippen LogP contribution in [0, 0.1) is 0 Å². The lowest BCUT2D eigenvalue weighted by Crippen LogP contribution is -2.42. The van der Waals surface area contributed by atoms with Gasteiger partial charge in [0.05, 0.1) is 11.4 Å². The Hall–Kier alpha value is -1.44. The average Bonchev–Trinajstić information content (AvgIpc) is 2.64. The highest BCUT2D eigenvalue weighted by Gasteiger charge is 2.22. The number of hydrogen-bond donors (Lipinski definition) is 2. The number of nitrogens with zero attached hydrogens (tertiary/aromatic N) is 1. The third-order valence-corrected chi connectivity index (χ3v) is 7.20. The van der Waals surface area contributed by atoms with Gasteiger partial charge in [0.15, 0.2) is 0 Å². The molecule has 1 heterocycles. The first-order valence-corrected chi connectivity index (χ1v) is 11.6. The molecule has 1 aromatic rings. The Morgan fingerprint density at radius 3 is 2.37 bits per heavy atom. The number of nitrogens with one attached hydrogen (secondary N) is 2. The van der Waals surface area contributed by atoms with Gasteiger partial charge in [0, 0.05) is 17.8 Å². The Labute approximate surface area is 162 Å². The van der Waals surface area contributed by atoms with Crippen LogP contribution in [0.3, 0.4) is 0 Å². The molecular weight excluding hydrogens is 362 g/mol. The fourth-order valence-corrected chi connectivity index (χ4v) is 5.31. The van der Waals surface area contributed by atoms with Crippen molar-refractivity contribution in [2.45, 2.75) is 75.3 Å². The second-order valence-corrected chi connectivity index (χ2v) is 9.56. The Morgan fingerprint density at radius 2 is 1.70 bits per heavy atom. The van der Waals surface area contributed by atoms with Gasteiger partial charge in [-0.3, -0.25) is 9.69 Å². The van der Waals surface area contributed by atoms with Gasteiger partial charge in [-0.25, -0.2) is 13.1 Å². The summed E-state index contributed by atoms with van der Waals surface area (Å²) in [5.74, 6) is -0.0558. The van der Waals surface area contributed by atoms with Gasteiger partial charge in [-0.05, 0) is 63.4 Å². The summed E-state index contributed by atoms with van der Waals surface area (Å²) in [7, 11) is -3.51. The van der Waals surface area contributed by atoms with E-state index in [1.54, 1.807) is 24.3 Å². The van der Waals surface area contributed by atoms with Crippen molar-refractivity contribution >= 4 is 21.6 Å². The van der Waals surface area contributed by atoms with Crippen LogP contribution < -0.4 is 10.0 Å². The molecule has 3 rings (SSSR count). The lowest BCUT2D eigenvalue weighted by atomic mass is 9.96. The molecule has 0 unspecified atom stereocenters. The minimum Gasteiger partial charge on any atom is -0.325 e. The average molecular weight is 394 g/mol. The van der Waals surface area contributed by atoms with Crippen LogP contribution in [0.15, 0.2) is 29.2 Å². The molecule has 7 heteroatoms. The van der Waals surface area contributed by atoms with Crippen molar-refractivity contribution < 1.29 is 13.2 Å². The van der Waals surface area contributed by atoms with Gasteiger partial charge in [-0.15, -0.1) is 0 Å². The second-order valence-electron chi connectivity index (χ2n) is 7.84. The number of amides is 1. The molecule has 27 heavy (non-hydrogen) atoms. The highest BCUT2D eigenvalue weighted by atomic mass is 32.2. The molecule has 1 aromatic carbocycles. The van der Waals surface area contributed by atoms with Crippen LogP contribution in [0.5, 0.6) is 0 Å². The summed E-state index contributed by atoms with van der Waals surface area (Å²) >= 11 is 0. The standard InChI is InChI=1S/C20H31N3O3S/c1-16-7-5-6-14-23(16)15-20(24)21-17-10-12-19(13-11-17)27(25,26)22-18-8-3-2-4-9-18/h10-13,16,18,22H,2-9,14-15H2,1H3,(H,21,24)/t16-/m0/s1. The van der Waals surface area contributed by atoms with Crippen molar-refractivity contribution in [2.75, 3.05) is 18.4 Å². The normalized spacial score (nSPS) is 22.5. The van der Waals surface area contributed by atoms with E-state index in [1.165, 1.54) is 12.8 Å². The number of likely N-dealkylation sites (tertiary alicyclic amines) is 1. The Morgan fingerprint density at radius 1 is 1.04 bits per heavy atom. The zero-order valence-corrected chi connectivity index (χ0v) is 16.9. The summed E-state index contributed by atoms with van der Waals surface area (Å²) in [6.07, 6.45) is 8.64. The molecule has 1 amide bonds. The predicted molar refractivity (Wildman–Crippen MR) is 107 cm³/mol. The van der Waals surface area contributed by atoms with Crippen LogP contribution in [0.4, 0.5) is 5.69 Å². The van der Waals surface area contributed by atoms with Crippen molar-refractivity contribution in [1.29, 1.82) is 0 Å².